The number of hydrogen-bond acceptors (Lipinski definition) is 2. The van der Waals surface area contributed by atoms with Crippen molar-refractivity contribution in [2.75, 3.05) is 13.7 Å². The Morgan fingerprint density at radius 2 is 1.94 bits per heavy atom. The zero-order valence-electron chi connectivity index (χ0n) is 9.82. The molecule has 1 N–H and O–H groups in total. The molecule has 0 aliphatic rings. The first-order chi connectivity index (χ1) is 7.65. The van der Waals surface area contributed by atoms with E-state index in [1.165, 1.54) is 5.56 Å². The number of aliphatic hydroxyl groups excluding tert-OH is 1. The highest BCUT2D eigenvalue weighted by Crippen LogP contribution is 2.17. The van der Waals surface area contributed by atoms with Crippen molar-refractivity contribution in [2.45, 2.75) is 25.9 Å². The number of rotatable bonds is 6. The van der Waals surface area contributed by atoms with Crippen LogP contribution in [0, 0.1) is 5.92 Å². The Kier molecular flexibility index (Phi) is 5.81. The molecule has 0 heterocycles. The second-order valence-electron chi connectivity index (χ2n) is 4.16. The van der Waals surface area contributed by atoms with E-state index in [9.17, 15) is 5.11 Å². The summed E-state index contributed by atoms with van der Waals surface area (Å²) in [6.07, 6.45) is 1.92. The standard InChI is InChI=1S/C13H19ClO2/c1-10(16-2)7-12(9-15)8-11-3-5-13(14)6-4-11/h3-6,10,12,15H,7-9H2,1-2H3. The summed E-state index contributed by atoms with van der Waals surface area (Å²) in [7, 11) is 1.70. The van der Waals surface area contributed by atoms with E-state index in [1.54, 1.807) is 7.11 Å². The van der Waals surface area contributed by atoms with Crippen LogP contribution in [0.5, 0.6) is 0 Å². The molecule has 2 unspecified atom stereocenters. The van der Waals surface area contributed by atoms with Crippen molar-refractivity contribution in [1.29, 1.82) is 0 Å². The molecule has 0 aromatic heterocycles. The summed E-state index contributed by atoms with van der Waals surface area (Å²) in [6, 6.07) is 7.76. The number of hydrogen-bond donors (Lipinski definition) is 1. The molecule has 0 saturated heterocycles. The third kappa shape index (κ3) is 4.52. The molecule has 0 saturated carbocycles. The van der Waals surface area contributed by atoms with Crippen LogP contribution in [0.3, 0.4) is 0 Å². The first-order valence-electron chi connectivity index (χ1n) is 5.53. The van der Waals surface area contributed by atoms with E-state index in [2.05, 4.69) is 0 Å². The molecule has 0 bridgehead atoms. The minimum Gasteiger partial charge on any atom is -0.396 e. The molecule has 0 fully saturated rings. The minimum absolute atomic E-state index is 0.185. The van der Waals surface area contributed by atoms with Gasteiger partial charge in [0.15, 0.2) is 0 Å². The van der Waals surface area contributed by atoms with Gasteiger partial charge < -0.3 is 9.84 Å². The van der Waals surface area contributed by atoms with E-state index >= 15 is 0 Å². The minimum atomic E-state index is 0.185. The molecule has 16 heavy (non-hydrogen) atoms. The summed E-state index contributed by atoms with van der Waals surface area (Å²) in [4.78, 5) is 0. The molecule has 0 spiro atoms. The molecule has 1 aromatic rings. The lowest BCUT2D eigenvalue weighted by atomic mass is 9.95. The highest BCUT2D eigenvalue weighted by molar-refractivity contribution is 6.30. The van der Waals surface area contributed by atoms with Gasteiger partial charge >= 0.3 is 0 Å². The highest BCUT2D eigenvalue weighted by Gasteiger charge is 2.12. The van der Waals surface area contributed by atoms with Gasteiger partial charge in [-0.15, -0.1) is 0 Å². The van der Waals surface area contributed by atoms with Crippen molar-refractivity contribution in [2.24, 2.45) is 5.92 Å². The molecule has 3 heteroatoms. The van der Waals surface area contributed by atoms with Crippen molar-refractivity contribution in [1.82, 2.24) is 0 Å². The van der Waals surface area contributed by atoms with Crippen LogP contribution in [-0.2, 0) is 11.2 Å². The summed E-state index contributed by atoms with van der Waals surface area (Å²) in [6.45, 7) is 2.21. The molecule has 90 valence electrons. The molecular weight excluding hydrogens is 224 g/mol. The third-order valence-electron chi connectivity index (χ3n) is 2.76. The molecule has 2 atom stereocenters. The van der Waals surface area contributed by atoms with Crippen LogP contribution in [0.1, 0.15) is 18.9 Å². The fourth-order valence-electron chi connectivity index (χ4n) is 1.74. The highest BCUT2D eigenvalue weighted by atomic mass is 35.5. The van der Waals surface area contributed by atoms with Crippen LogP contribution >= 0.6 is 11.6 Å². The zero-order chi connectivity index (χ0) is 12.0. The topological polar surface area (TPSA) is 29.5 Å². The van der Waals surface area contributed by atoms with Crippen LogP contribution in [0.15, 0.2) is 24.3 Å². The van der Waals surface area contributed by atoms with Gasteiger partial charge in [-0.25, -0.2) is 0 Å². The van der Waals surface area contributed by atoms with Gasteiger partial charge in [-0.05, 0) is 43.4 Å². The molecule has 0 aliphatic heterocycles. The lowest BCUT2D eigenvalue weighted by Crippen LogP contribution is -2.17. The summed E-state index contributed by atoms with van der Waals surface area (Å²) in [5.74, 6) is 0.246. The van der Waals surface area contributed by atoms with E-state index in [4.69, 9.17) is 16.3 Å². The van der Waals surface area contributed by atoms with Crippen LogP contribution in [0.4, 0.5) is 0 Å². The smallest absolute Gasteiger partial charge is 0.0546 e. The first-order valence-corrected chi connectivity index (χ1v) is 5.91. The van der Waals surface area contributed by atoms with E-state index in [-0.39, 0.29) is 18.6 Å². The number of aliphatic hydroxyl groups is 1. The van der Waals surface area contributed by atoms with Crippen molar-refractivity contribution >= 4 is 11.6 Å². The molecule has 2 nitrogen and oxygen atoms in total. The van der Waals surface area contributed by atoms with Crippen molar-refractivity contribution in [3.63, 3.8) is 0 Å². The van der Waals surface area contributed by atoms with Gasteiger partial charge in [-0.3, -0.25) is 0 Å². The Morgan fingerprint density at radius 3 is 2.44 bits per heavy atom. The van der Waals surface area contributed by atoms with Gasteiger partial charge in [0.25, 0.3) is 0 Å². The van der Waals surface area contributed by atoms with Gasteiger partial charge in [-0.2, -0.15) is 0 Å². The summed E-state index contributed by atoms with van der Waals surface area (Å²) >= 11 is 5.82. The van der Waals surface area contributed by atoms with E-state index in [0.29, 0.717) is 0 Å². The number of ether oxygens (including phenoxy) is 1. The predicted molar refractivity (Wildman–Crippen MR) is 66.8 cm³/mol. The summed E-state index contributed by atoms with van der Waals surface area (Å²) in [5, 5.41) is 10.0. The predicted octanol–water partition coefficient (Wildman–Crippen LogP) is 2.92. The Bertz CT molecular complexity index is 297. The van der Waals surface area contributed by atoms with Gasteiger partial charge in [0.05, 0.1) is 6.10 Å². The Hall–Kier alpha value is -0.570. The lowest BCUT2D eigenvalue weighted by molar-refractivity contribution is 0.0806. The van der Waals surface area contributed by atoms with Gasteiger partial charge in [0.2, 0.25) is 0 Å². The first kappa shape index (κ1) is 13.5. The summed E-state index contributed by atoms with van der Waals surface area (Å²) < 4.78 is 5.21. The monoisotopic (exact) mass is 242 g/mol. The maximum atomic E-state index is 9.30. The summed E-state index contributed by atoms with van der Waals surface area (Å²) in [5.41, 5.74) is 1.20. The average molecular weight is 243 g/mol. The third-order valence-corrected chi connectivity index (χ3v) is 3.02. The van der Waals surface area contributed by atoms with Crippen LogP contribution in [0.25, 0.3) is 0 Å². The second-order valence-corrected chi connectivity index (χ2v) is 4.60. The van der Waals surface area contributed by atoms with Gasteiger partial charge in [0.1, 0.15) is 0 Å². The number of halogens is 1. The second kappa shape index (κ2) is 6.89. The largest absolute Gasteiger partial charge is 0.396 e. The van der Waals surface area contributed by atoms with Crippen molar-refractivity contribution < 1.29 is 9.84 Å². The molecule has 0 aliphatic carbocycles. The SMILES string of the molecule is COC(C)CC(CO)Cc1ccc(Cl)cc1. The Balaban J connectivity index is 2.52. The van der Waals surface area contributed by atoms with Crippen LogP contribution in [0.2, 0.25) is 5.02 Å². The molecule has 1 aromatic carbocycles. The van der Waals surface area contributed by atoms with Crippen LogP contribution in [-0.4, -0.2) is 24.9 Å². The van der Waals surface area contributed by atoms with Crippen molar-refractivity contribution in [3.05, 3.63) is 34.9 Å². The molecular formula is C13H19ClO2. The Morgan fingerprint density at radius 1 is 1.31 bits per heavy atom. The Labute approximate surface area is 102 Å². The quantitative estimate of drug-likeness (QED) is 0.831. The lowest BCUT2D eigenvalue weighted by Gasteiger charge is -2.18. The number of methoxy groups -OCH3 is 1. The zero-order valence-corrected chi connectivity index (χ0v) is 10.6. The average Bonchev–Trinajstić information content (AvgIpc) is 2.30. The maximum absolute atomic E-state index is 9.30. The molecule has 0 radical (unpaired) electrons. The van der Waals surface area contributed by atoms with E-state index in [0.717, 1.165) is 17.9 Å². The van der Waals surface area contributed by atoms with Crippen molar-refractivity contribution in [3.8, 4) is 0 Å². The fourth-order valence-corrected chi connectivity index (χ4v) is 1.87. The fraction of sp³-hybridized carbons (Fsp3) is 0.538. The molecule has 0 amide bonds. The molecule has 1 rings (SSSR count). The normalized spacial score (nSPS) is 14.8. The van der Waals surface area contributed by atoms with Gasteiger partial charge in [-0.1, -0.05) is 23.7 Å². The van der Waals surface area contributed by atoms with Gasteiger partial charge in [0, 0.05) is 18.7 Å². The van der Waals surface area contributed by atoms with E-state index < -0.39 is 0 Å². The maximum Gasteiger partial charge on any atom is 0.0546 e. The van der Waals surface area contributed by atoms with E-state index in [1.807, 2.05) is 31.2 Å². The number of benzene rings is 1. The van der Waals surface area contributed by atoms with Crippen LogP contribution < -0.4 is 0 Å².